The van der Waals surface area contributed by atoms with Crippen LogP contribution in [0, 0.1) is 0 Å². The number of hydrogen-bond acceptors (Lipinski definition) is 6. The summed E-state index contributed by atoms with van der Waals surface area (Å²) in [5.74, 6) is 0.869. The summed E-state index contributed by atoms with van der Waals surface area (Å²) in [6.07, 6.45) is 0.263. The molecule has 1 heterocycles. The topological polar surface area (TPSA) is 66.4 Å². The SMILES string of the molecule is CC(C)(C)c1ccc(O)c(C/C=C2\O[C@H](COCc3ccccc3)[C@@H](OCc3ccccc3)[C@H](OCc3ccccc3)[C@H]2OCc2ccccc2)c1. The highest BCUT2D eigenvalue weighted by Crippen LogP contribution is 2.34. The Morgan fingerprint density at radius 2 is 1.08 bits per heavy atom. The quantitative estimate of drug-likeness (QED) is 0.118. The van der Waals surface area contributed by atoms with E-state index in [0.29, 0.717) is 38.6 Å². The number of hydrogen-bond donors (Lipinski definition) is 1. The summed E-state index contributed by atoms with van der Waals surface area (Å²) < 4.78 is 33.6. The Labute approximate surface area is 308 Å². The smallest absolute Gasteiger partial charge is 0.150 e. The molecule has 1 aliphatic rings. The average Bonchev–Trinajstić information content (AvgIpc) is 3.17. The van der Waals surface area contributed by atoms with Crippen LogP contribution in [-0.4, -0.2) is 36.1 Å². The van der Waals surface area contributed by atoms with Gasteiger partial charge in [0.05, 0.1) is 33.0 Å². The maximum Gasteiger partial charge on any atom is 0.150 e. The first kappa shape index (κ1) is 37.1. The number of ether oxygens (including phenoxy) is 5. The first-order valence-electron chi connectivity index (χ1n) is 18.1. The van der Waals surface area contributed by atoms with Gasteiger partial charge >= 0.3 is 0 Å². The van der Waals surface area contributed by atoms with Crippen LogP contribution in [0.1, 0.15) is 54.2 Å². The lowest BCUT2D eigenvalue weighted by Crippen LogP contribution is -2.56. The van der Waals surface area contributed by atoms with Crippen molar-refractivity contribution in [3.63, 3.8) is 0 Å². The molecule has 0 unspecified atom stereocenters. The lowest BCUT2D eigenvalue weighted by molar-refractivity contribution is -0.223. The second-order valence-electron chi connectivity index (χ2n) is 14.3. The van der Waals surface area contributed by atoms with Crippen LogP contribution in [0.2, 0.25) is 0 Å². The fourth-order valence-corrected chi connectivity index (χ4v) is 6.30. The predicted molar refractivity (Wildman–Crippen MR) is 205 cm³/mol. The van der Waals surface area contributed by atoms with Gasteiger partial charge in [0.2, 0.25) is 0 Å². The summed E-state index contributed by atoms with van der Waals surface area (Å²) in [4.78, 5) is 0. The van der Waals surface area contributed by atoms with Gasteiger partial charge in [0.15, 0.2) is 6.10 Å². The Kier molecular flexibility index (Phi) is 12.9. The Morgan fingerprint density at radius 3 is 1.60 bits per heavy atom. The summed E-state index contributed by atoms with van der Waals surface area (Å²) in [7, 11) is 0. The summed E-state index contributed by atoms with van der Waals surface area (Å²) in [6, 6.07) is 46.3. The molecule has 0 aromatic heterocycles. The first-order valence-corrected chi connectivity index (χ1v) is 18.1. The van der Waals surface area contributed by atoms with Crippen molar-refractivity contribution >= 4 is 0 Å². The van der Waals surface area contributed by atoms with Crippen LogP contribution in [0.5, 0.6) is 5.75 Å². The summed E-state index contributed by atoms with van der Waals surface area (Å²) in [6.45, 7) is 8.29. The van der Waals surface area contributed by atoms with Crippen molar-refractivity contribution in [2.45, 2.75) is 83.5 Å². The highest BCUT2D eigenvalue weighted by atomic mass is 16.6. The molecule has 0 aliphatic carbocycles. The third-order valence-corrected chi connectivity index (χ3v) is 9.26. The maximum absolute atomic E-state index is 10.9. The molecule has 6 nitrogen and oxygen atoms in total. The van der Waals surface area contributed by atoms with Crippen LogP contribution < -0.4 is 0 Å². The Balaban J connectivity index is 1.36. The van der Waals surface area contributed by atoms with Gasteiger partial charge in [-0.2, -0.15) is 0 Å². The number of phenolic OH excluding ortho intramolecular Hbond substituents is 1. The minimum atomic E-state index is -0.608. The van der Waals surface area contributed by atoms with Gasteiger partial charge < -0.3 is 28.8 Å². The van der Waals surface area contributed by atoms with Crippen LogP contribution in [0.4, 0.5) is 0 Å². The number of allylic oxidation sites excluding steroid dienone is 1. The second-order valence-corrected chi connectivity index (χ2v) is 14.3. The minimum Gasteiger partial charge on any atom is -0.508 e. The van der Waals surface area contributed by atoms with Crippen molar-refractivity contribution < 1.29 is 28.8 Å². The number of aromatic hydroxyl groups is 1. The van der Waals surface area contributed by atoms with E-state index in [-0.39, 0.29) is 17.8 Å². The molecule has 1 aliphatic heterocycles. The Morgan fingerprint density at radius 1 is 0.596 bits per heavy atom. The largest absolute Gasteiger partial charge is 0.508 e. The molecule has 52 heavy (non-hydrogen) atoms. The summed E-state index contributed by atoms with van der Waals surface area (Å²) in [5.41, 5.74) is 6.09. The number of phenols is 1. The lowest BCUT2D eigenvalue weighted by Gasteiger charge is -2.43. The molecular formula is C46H50O6. The van der Waals surface area contributed by atoms with E-state index in [1.807, 2.05) is 109 Å². The highest BCUT2D eigenvalue weighted by molar-refractivity contribution is 5.40. The predicted octanol–water partition coefficient (Wildman–Crippen LogP) is 9.49. The zero-order valence-corrected chi connectivity index (χ0v) is 30.4. The molecular weight excluding hydrogens is 649 g/mol. The van der Waals surface area contributed by atoms with E-state index >= 15 is 0 Å². The Bertz CT molecular complexity index is 1820. The van der Waals surface area contributed by atoms with Gasteiger partial charge in [0.25, 0.3) is 0 Å². The lowest BCUT2D eigenvalue weighted by atomic mass is 9.85. The molecule has 1 N–H and O–H groups in total. The molecule has 4 atom stereocenters. The molecule has 0 amide bonds. The van der Waals surface area contributed by atoms with Gasteiger partial charge in [0, 0.05) is 0 Å². The molecule has 1 saturated heterocycles. The fraction of sp³-hybridized carbons (Fsp3) is 0.304. The summed E-state index contributed by atoms with van der Waals surface area (Å²) in [5, 5.41) is 10.9. The molecule has 1 fully saturated rings. The van der Waals surface area contributed by atoms with Crippen molar-refractivity contribution in [1.82, 2.24) is 0 Å². The molecule has 0 saturated carbocycles. The van der Waals surface area contributed by atoms with Crippen molar-refractivity contribution in [2.24, 2.45) is 0 Å². The molecule has 6 heteroatoms. The van der Waals surface area contributed by atoms with Crippen LogP contribution in [0.25, 0.3) is 0 Å². The van der Waals surface area contributed by atoms with Crippen molar-refractivity contribution in [3.05, 3.63) is 185 Å². The van der Waals surface area contributed by atoms with Crippen molar-refractivity contribution in [3.8, 4) is 5.75 Å². The average molecular weight is 699 g/mol. The van der Waals surface area contributed by atoms with E-state index in [2.05, 4.69) is 51.1 Å². The van der Waals surface area contributed by atoms with Gasteiger partial charge in [0.1, 0.15) is 29.8 Å². The Hall–Kier alpha value is -4.72. The third-order valence-electron chi connectivity index (χ3n) is 9.26. The van der Waals surface area contributed by atoms with Crippen molar-refractivity contribution in [1.29, 1.82) is 0 Å². The van der Waals surface area contributed by atoms with E-state index in [9.17, 15) is 5.11 Å². The van der Waals surface area contributed by atoms with Gasteiger partial charge in [-0.1, -0.05) is 154 Å². The van der Waals surface area contributed by atoms with E-state index in [1.54, 1.807) is 6.07 Å². The van der Waals surface area contributed by atoms with Crippen LogP contribution in [-0.2, 0) is 61.9 Å². The number of benzene rings is 5. The van der Waals surface area contributed by atoms with E-state index < -0.39 is 24.4 Å². The normalized spacial score (nSPS) is 19.7. The van der Waals surface area contributed by atoms with Crippen LogP contribution in [0.15, 0.2) is 151 Å². The third kappa shape index (κ3) is 10.4. The highest BCUT2D eigenvalue weighted by Gasteiger charge is 2.46. The van der Waals surface area contributed by atoms with Crippen LogP contribution >= 0.6 is 0 Å². The molecule has 0 bridgehead atoms. The monoisotopic (exact) mass is 698 g/mol. The molecule has 6 rings (SSSR count). The standard InChI is InChI=1S/C46H50O6/c1-46(2,3)39-25-26-40(47)38(28-39)24-27-41-43(49-30-35-18-10-5-11-19-35)45(51-32-37-22-14-7-15-23-37)44(50-31-36-20-12-6-13-21-36)42(52-41)33-48-29-34-16-8-4-9-17-34/h4-23,25-28,42-45,47H,24,29-33H2,1-3H3/b41-27-/t42-,43+,44-,45-/m1/s1. The summed E-state index contributed by atoms with van der Waals surface area (Å²) >= 11 is 0. The fourth-order valence-electron chi connectivity index (χ4n) is 6.30. The van der Waals surface area contributed by atoms with Gasteiger partial charge in [-0.25, -0.2) is 0 Å². The number of rotatable bonds is 15. The first-order chi connectivity index (χ1) is 25.3. The zero-order chi connectivity index (χ0) is 36.2. The maximum atomic E-state index is 10.9. The van der Waals surface area contributed by atoms with Crippen LogP contribution in [0.3, 0.4) is 0 Å². The molecule has 0 radical (unpaired) electrons. The molecule has 0 spiro atoms. The molecule has 5 aromatic rings. The zero-order valence-electron chi connectivity index (χ0n) is 30.4. The molecule has 270 valence electrons. The van der Waals surface area contributed by atoms with Crippen molar-refractivity contribution in [2.75, 3.05) is 6.61 Å². The molecule has 5 aromatic carbocycles. The van der Waals surface area contributed by atoms with E-state index in [0.717, 1.165) is 33.4 Å². The van der Waals surface area contributed by atoms with E-state index in [1.165, 1.54) is 0 Å². The van der Waals surface area contributed by atoms with Gasteiger partial charge in [-0.3, -0.25) is 0 Å². The minimum absolute atomic E-state index is 0.0703. The second kappa shape index (κ2) is 18.2. The van der Waals surface area contributed by atoms with Gasteiger partial charge in [-0.15, -0.1) is 0 Å². The van der Waals surface area contributed by atoms with E-state index in [4.69, 9.17) is 23.7 Å². The van der Waals surface area contributed by atoms with Gasteiger partial charge in [-0.05, 0) is 57.4 Å².